The highest BCUT2D eigenvalue weighted by molar-refractivity contribution is 5.34. The summed E-state index contributed by atoms with van der Waals surface area (Å²) in [5.74, 6) is 0. The molecule has 3 nitrogen and oxygen atoms in total. The van der Waals surface area contributed by atoms with Gasteiger partial charge < -0.3 is 4.74 Å². The van der Waals surface area contributed by atoms with Gasteiger partial charge in [0.2, 0.25) is 0 Å². The van der Waals surface area contributed by atoms with Crippen LogP contribution < -0.4 is 0 Å². The number of para-hydroxylation sites is 1. The van der Waals surface area contributed by atoms with Gasteiger partial charge in [0.1, 0.15) is 5.60 Å². The van der Waals surface area contributed by atoms with Gasteiger partial charge in [0, 0.05) is 7.11 Å². The predicted molar refractivity (Wildman–Crippen MR) is 68.3 cm³/mol. The molecule has 0 atom stereocenters. The summed E-state index contributed by atoms with van der Waals surface area (Å²) in [6.45, 7) is 6.08. The molecule has 0 spiro atoms. The molecule has 17 heavy (non-hydrogen) atoms. The Bertz CT molecular complexity index is 500. The van der Waals surface area contributed by atoms with Crippen LogP contribution in [0, 0.1) is 6.92 Å². The van der Waals surface area contributed by atoms with Crippen LogP contribution in [0.15, 0.2) is 36.4 Å². The van der Waals surface area contributed by atoms with Gasteiger partial charge in [-0.15, -0.1) is 0 Å². The Hall–Kier alpha value is -1.61. The zero-order valence-corrected chi connectivity index (χ0v) is 10.8. The number of hydrogen-bond acceptors (Lipinski definition) is 2. The number of rotatable bonds is 3. The van der Waals surface area contributed by atoms with Crippen molar-refractivity contribution in [3.8, 4) is 5.69 Å². The minimum atomic E-state index is -0.350. The average molecular weight is 230 g/mol. The molecule has 2 aromatic rings. The van der Waals surface area contributed by atoms with Crippen LogP contribution >= 0.6 is 0 Å². The van der Waals surface area contributed by atoms with Crippen molar-refractivity contribution in [2.24, 2.45) is 0 Å². The van der Waals surface area contributed by atoms with Crippen molar-refractivity contribution in [3.63, 3.8) is 0 Å². The standard InChI is InChI=1S/C14H18N2O/c1-11-10-13(14(2,3)17-4)16(15-11)12-8-6-5-7-9-12/h5-10H,1-4H3. The maximum atomic E-state index is 5.54. The molecular weight excluding hydrogens is 212 g/mol. The predicted octanol–water partition coefficient (Wildman–Crippen LogP) is 3.06. The van der Waals surface area contributed by atoms with Crippen molar-refractivity contribution in [2.75, 3.05) is 7.11 Å². The molecule has 3 heteroatoms. The summed E-state index contributed by atoms with van der Waals surface area (Å²) in [6.07, 6.45) is 0. The molecule has 0 saturated heterocycles. The number of aromatic nitrogens is 2. The Morgan fingerprint density at radius 3 is 2.41 bits per heavy atom. The second-order valence-electron chi connectivity index (χ2n) is 4.63. The molecule has 0 N–H and O–H groups in total. The van der Waals surface area contributed by atoms with Crippen LogP contribution in [0.25, 0.3) is 5.69 Å². The van der Waals surface area contributed by atoms with Crippen LogP contribution in [0.4, 0.5) is 0 Å². The molecule has 1 aromatic carbocycles. The van der Waals surface area contributed by atoms with Crippen LogP contribution in [0.1, 0.15) is 25.2 Å². The molecule has 0 aliphatic carbocycles. The van der Waals surface area contributed by atoms with E-state index < -0.39 is 0 Å². The Balaban J connectivity index is 2.56. The first kappa shape index (κ1) is 11.9. The summed E-state index contributed by atoms with van der Waals surface area (Å²) < 4.78 is 7.48. The summed E-state index contributed by atoms with van der Waals surface area (Å²) in [5.41, 5.74) is 2.76. The monoisotopic (exact) mass is 230 g/mol. The Morgan fingerprint density at radius 1 is 1.18 bits per heavy atom. The number of methoxy groups -OCH3 is 1. The van der Waals surface area contributed by atoms with Gasteiger partial charge in [0.05, 0.1) is 17.1 Å². The third-order valence-electron chi connectivity index (χ3n) is 2.96. The number of nitrogens with zero attached hydrogens (tertiary/aromatic N) is 2. The molecule has 1 heterocycles. The molecule has 90 valence electrons. The SMILES string of the molecule is COC(C)(C)c1cc(C)nn1-c1ccccc1. The Kier molecular flexibility index (Phi) is 3.03. The summed E-state index contributed by atoms with van der Waals surface area (Å²) in [7, 11) is 1.72. The largest absolute Gasteiger partial charge is 0.373 e. The van der Waals surface area contributed by atoms with E-state index in [-0.39, 0.29) is 5.60 Å². The fourth-order valence-electron chi connectivity index (χ4n) is 1.80. The summed E-state index contributed by atoms with van der Waals surface area (Å²) in [5, 5.41) is 4.53. The van der Waals surface area contributed by atoms with Gasteiger partial charge >= 0.3 is 0 Å². The first-order valence-electron chi connectivity index (χ1n) is 5.72. The summed E-state index contributed by atoms with van der Waals surface area (Å²) in [6, 6.07) is 12.2. The van der Waals surface area contributed by atoms with Crippen LogP contribution in [0.5, 0.6) is 0 Å². The van der Waals surface area contributed by atoms with Crippen LogP contribution in [0.3, 0.4) is 0 Å². The number of aryl methyl sites for hydroxylation is 1. The minimum absolute atomic E-state index is 0.350. The smallest absolute Gasteiger partial charge is 0.104 e. The number of benzene rings is 1. The van der Waals surface area contributed by atoms with Gasteiger partial charge in [0.25, 0.3) is 0 Å². The lowest BCUT2D eigenvalue weighted by molar-refractivity contribution is 0.0135. The van der Waals surface area contributed by atoms with Crippen LogP contribution in [-0.4, -0.2) is 16.9 Å². The van der Waals surface area contributed by atoms with Gasteiger partial charge in [-0.1, -0.05) is 18.2 Å². The third kappa shape index (κ3) is 2.24. The van der Waals surface area contributed by atoms with Gasteiger partial charge in [-0.2, -0.15) is 5.10 Å². The van der Waals surface area contributed by atoms with E-state index in [1.165, 1.54) is 0 Å². The van der Waals surface area contributed by atoms with Crippen LogP contribution in [0.2, 0.25) is 0 Å². The maximum Gasteiger partial charge on any atom is 0.104 e. The molecular formula is C14H18N2O. The van der Waals surface area contributed by atoms with Gasteiger partial charge in [-0.25, -0.2) is 4.68 Å². The molecule has 2 rings (SSSR count). The van der Waals surface area contributed by atoms with E-state index >= 15 is 0 Å². The zero-order chi connectivity index (χ0) is 12.5. The number of hydrogen-bond donors (Lipinski definition) is 0. The molecule has 0 fully saturated rings. The van der Waals surface area contributed by atoms with E-state index in [4.69, 9.17) is 4.74 Å². The Morgan fingerprint density at radius 2 is 1.82 bits per heavy atom. The Labute approximate surface area is 102 Å². The van der Waals surface area contributed by atoms with Crippen molar-refractivity contribution in [1.82, 2.24) is 9.78 Å². The van der Waals surface area contributed by atoms with Gasteiger partial charge in [-0.05, 0) is 39.0 Å². The van der Waals surface area contributed by atoms with E-state index in [1.54, 1.807) is 7.11 Å². The van der Waals surface area contributed by atoms with Crippen molar-refractivity contribution in [3.05, 3.63) is 47.8 Å². The fraction of sp³-hybridized carbons (Fsp3) is 0.357. The molecule has 0 bridgehead atoms. The minimum Gasteiger partial charge on any atom is -0.373 e. The second kappa shape index (κ2) is 4.34. The summed E-state index contributed by atoms with van der Waals surface area (Å²) >= 11 is 0. The van der Waals surface area contributed by atoms with Crippen molar-refractivity contribution >= 4 is 0 Å². The summed E-state index contributed by atoms with van der Waals surface area (Å²) in [4.78, 5) is 0. The normalized spacial score (nSPS) is 11.8. The quantitative estimate of drug-likeness (QED) is 0.810. The lowest BCUT2D eigenvalue weighted by Crippen LogP contribution is -2.23. The van der Waals surface area contributed by atoms with Crippen LogP contribution in [-0.2, 0) is 10.3 Å². The second-order valence-corrected chi connectivity index (χ2v) is 4.63. The molecule has 0 amide bonds. The molecule has 1 aromatic heterocycles. The van der Waals surface area contributed by atoms with E-state index in [0.717, 1.165) is 17.1 Å². The first-order valence-corrected chi connectivity index (χ1v) is 5.72. The molecule has 0 unspecified atom stereocenters. The molecule has 0 saturated carbocycles. The first-order chi connectivity index (χ1) is 8.04. The van der Waals surface area contributed by atoms with Crippen molar-refractivity contribution < 1.29 is 4.74 Å². The highest BCUT2D eigenvalue weighted by Gasteiger charge is 2.25. The van der Waals surface area contributed by atoms with Crippen molar-refractivity contribution in [1.29, 1.82) is 0 Å². The average Bonchev–Trinajstić information content (AvgIpc) is 2.73. The number of ether oxygens (including phenoxy) is 1. The molecule has 0 aliphatic heterocycles. The topological polar surface area (TPSA) is 27.1 Å². The van der Waals surface area contributed by atoms with Gasteiger partial charge in [0.15, 0.2) is 0 Å². The zero-order valence-electron chi connectivity index (χ0n) is 10.8. The van der Waals surface area contributed by atoms with E-state index in [1.807, 2.05) is 55.8 Å². The van der Waals surface area contributed by atoms with E-state index in [9.17, 15) is 0 Å². The lowest BCUT2D eigenvalue weighted by Gasteiger charge is -2.24. The highest BCUT2D eigenvalue weighted by atomic mass is 16.5. The molecule has 0 radical (unpaired) electrons. The third-order valence-corrected chi connectivity index (χ3v) is 2.96. The lowest BCUT2D eigenvalue weighted by atomic mass is 10.0. The molecule has 0 aliphatic rings. The van der Waals surface area contributed by atoms with E-state index in [0.29, 0.717) is 0 Å². The van der Waals surface area contributed by atoms with E-state index in [2.05, 4.69) is 11.2 Å². The maximum absolute atomic E-state index is 5.54. The van der Waals surface area contributed by atoms with Gasteiger partial charge in [-0.3, -0.25) is 0 Å². The fourth-order valence-corrected chi connectivity index (χ4v) is 1.80. The van der Waals surface area contributed by atoms with Crippen molar-refractivity contribution in [2.45, 2.75) is 26.4 Å². The highest BCUT2D eigenvalue weighted by Crippen LogP contribution is 2.26.